The molecule has 2 aliphatic rings. The molecule has 2 radical (unpaired) electrons. The predicted molar refractivity (Wildman–Crippen MR) is 171 cm³/mol. The van der Waals surface area contributed by atoms with Crippen LogP contribution in [0.1, 0.15) is 12.5 Å². The number of aromatic nitrogens is 8. The van der Waals surface area contributed by atoms with Gasteiger partial charge in [-0.05, 0) is 0 Å². The van der Waals surface area contributed by atoms with Gasteiger partial charge in [-0.1, -0.05) is 9.97 Å². The SMILES string of the molecule is [B]P(=O)(OP(=O)(O)OC[C@H]1O[C@@H]([n+]2cn(C)c3c(=O)[nH]c(N)nc32)C(O)C1O)OP(=O)(O)OC[C@H]1O[C@@H]([n+]2cn(C)c3c(=O)[nH]c(N)nc32)C(O)C1O. The van der Waals surface area contributed by atoms with E-state index in [1.165, 1.54) is 45.0 Å². The van der Waals surface area contributed by atoms with Gasteiger partial charge in [0.2, 0.25) is 31.1 Å². The summed E-state index contributed by atoms with van der Waals surface area (Å²) >= 11 is 0. The Balaban J connectivity index is 1.05. The average Bonchev–Trinajstić information content (AvgIpc) is 3.71. The number of aliphatic hydroxyl groups is 4. The second-order valence-electron chi connectivity index (χ2n) is 11.8. The molecular formula is C22H32BN10O17P3+2. The van der Waals surface area contributed by atoms with Gasteiger partial charge in [0.25, 0.3) is 30.5 Å². The zero-order valence-electron chi connectivity index (χ0n) is 27.1. The zero-order valence-corrected chi connectivity index (χ0v) is 29.8. The Morgan fingerprint density at radius 2 is 1.13 bits per heavy atom. The molecular weight excluding hydrogens is 780 g/mol. The topological polar surface area (TPSA) is 389 Å². The summed E-state index contributed by atoms with van der Waals surface area (Å²) in [5.41, 5.74) is 9.95. The van der Waals surface area contributed by atoms with E-state index in [0.29, 0.717) is 0 Å². The molecule has 6 heterocycles. The van der Waals surface area contributed by atoms with E-state index in [2.05, 4.69) is 37.6 Å². The molecule has 2 aliphatic heterocycles. The molecule has 0 spiro atoms. The molecule has 31 heteroatoms. The molecule has 4 aromatic heterocycles. The van der Waals surface area contributed by atoms with E-state index in [0.717, 1.165) is 0 Å². The zero-order chi connectivity index (χ0) is 38.9. The maximum absolute atomic E-state index is 12.7. The van der Waals surface area contributed by atoms with E-state index in [1.54, 1.807) is 0 Å². The number of fused-ring (bicyclic) bond motifs is 2. The third-order valence-corrected chi connectivity index (χ3v) is 12.5. The molecule has 27 nitrogen and oxygen atoms in total. The lowest BCUT2D eigenvalue weighted by atomic mass is 10.1. The van der Waals surface area contributed by atoms with Gasteiger partial charge >= 0.3 is 26.9 Å². The number of nitrogen functional groups attached to an aromatic ring is 2. The number of aliphatic hydroxyl groups excluding tert-OH is 4. The largest absolute Gasteiger partial charge is 0.478 e. The van der Waals surface area contributed by atoms with Gasteiger partial charge in [0.05, 0.1) is 27.3 Å². The highest BCUT2D eigenvalue weighted by molar-refractivity contribution is 7.86. The molecule has 2 saturated heterocycles. The molecule has 0 amide bonds. The monoisotopic (exact) mass is 812 g/mol. The van der Waals surface area contributed by atoms with Crippen molar-refractivity contribution in [2.24, 2.45) is 14.1 Å². The highest BCUT2D eigenvalue weighted by atomic mass is 31.3. The Morgan fingerprint density at radius 1 is 0.774 bits per heavy atom. The first-order valence-electron chi connectivity index (χ1n) is 14.9. The van der Waals surface area contributed by atoms with E-state index in [-0.39, 0.29) is 34.2 Å². The number of anilines is 2. The van der Waals surface area contributed by atoms with E-state index in [9.17, 15) is 53.5 Å². The number of imidazole rings is 2. The highest BCUT2D eigenvalue weighted by Gasteiger charge is 2.50. The van der Waals surface area contributed by atoms with Gasteiger partial charge in [-0.2, -0.15) is 0 Å². The summed E-state index contributed by atoms with van der Waals surface area (Å²) in [6.45, 7) is -2.05. The number of hydrogen-bond acceptors (Lipinski definition) is 19. The molecule has 12 N–H and O–H groups in total. The second-order valence-corrected chi connectivity index (χ2v) is 16.6. The number of phosphoric ester groups is 2. The van der Waals surface area contributed by atoms with Crippen LogP contribution in [0.2, 0.25) is 0 Å². The standard InChI is InChI=1S/C22H30BN10O17P3/c1-30-5-32(15-9(30)17(38)28-21(24)26-15)19-13(36)11(34)7(47-19)3-45-52(41,42)49-51(23,40)50-53(43,44)46-4-8-12(35)14(37)20(48-8)33-6-31(2)10-16(33)27-22(25)29-18(10)39/h5-8,11-14,19-20,34-37H,3-4H2,1-2H3,(H6-2,24,25,26,27,28,29,38,39,41,42,43,44)/p+2/t7-,8-,11?,12?,13?,14?,19-,20-,51?/m1/s1. The van der Waals surface area contributed by atoms with E-state index in [1.807, 2.05) is 0 Å². The number of rotatable bonds is 12. The Labute approximate surface area is 295 Å². The maximum Gasteiger partial charge on any atom is 0.478 e. The van der Waals surface area contributed by atoms with Crippen LogP contribution < -0.4 is 31.7 Å². The van der Waals surface area contributed by atoms with Crippen molar-refractivity contribution >= 4 is 64.9 Å². The fraction of sp³-hybridized carbons (Fsp3) is 0.545. The minimum absolute atomic E-state index is 0.0253. The average molecular weight is 812 g/mol. The summed E-state index contributed by atoms with van der Waals surface area (Å²) in [4.78, 5) is 57.6. The molecule has 0 saturated carbocycles. The van der Waals surface area contributed by atoms with E-state index < -0.39 is 96.5 Å². The number of nitrogens with zero attached hydrogens (tertiary/aromatic N) is 6. The molecule has 0 aliphatic carbocycles. The van der Waals surface area contributed by atoms with Gasteiger partial charge in [-0.3, -0.25) is 42.3 Å². The molecule has 288 valence electrons. The minimum Gasteiger partial charge on any atom is -0.387 e. The Kier molecular flexibility index (Phi) is 10.4. The van der Waals surface area contributed by atoms with Crippen LogP contribution in [0.3, 0.4) is 0 Å². The normalized spacial score (nSPS) is 29.7. The van der Waals surface area contributed by atoms with Crippen molar-refractivity contribution in [3.8, 4) is 0 Å². The number of aromatic amines is 2. The van der Waals surface area contributed by atoms with Gasteiger partial charge in [0.15, 0.2) is 12.7 Å². The summed E-state index contributed by atoms with van der Waals surface area (Å²) in [6, 6.07) is 0. The van der Waals surface area contributed by atoms with E-state index >= 15 is 0 Å². The van der Waals surface area contributed by atoms with Crippen LogP contribution in [0.15, 0.2) is 22.2 Å². The fourth-order valence-electron chi connectivity index (χ4n) is 5.79. The fourth-order valence-corrected chi connectivity index (χ4v) is 9.53. The van der Waals surface area contributed by atoms with Crippen molar-refractivity contribution < 1.29 is 80.2 Å². The minimum atomic E-state index is -5.56. The maximum atomic E-state index is 12.7. The summed E-state index contributed by atoms with van der Waals surface area (Å²) < 4.78 is 71.9. The first-order valence-corrected chi connectivity index (χ1v) is 19.5. The molecule has 53 heavy (non-hydrogen) atoms. The lowest BCUT2D eigenvalue weighted by molar-refractivity contribution is -0.746. The third kappa shape index (κ3) is 7.75. The van der Waals surface area contributed by atoms with Gasteiger partial charge < -0.3 is 51.2 Å². The van der Waals surface area contributed by atoms with Crippen molar-refractivity contribution in [3.63, 3.8) is 0 Å². The molecule has 4 aromatic rings. The number of phosphoric acid groups is 2. The number of hydrogen-bond donors (Lipinski definition) is 10. The third-order valence-electron chi connectivity index (χ3n) is 8.04. The highest BCUT2D eigenvalue weighted by Crippen LogP contribution is 2.67. The van der Waals surface area contributed by atoms with Crippen molar-refractivity contribution in [2.75, 3.05) is 24.7 Å². The molecule has 6 rings (SSSR count). The summed E-state index contributed by atoms with van der Waals surface area (Å²) in [6.07, 6.45) is -10.4. The van der Waals surface area contributed by atoms with Crippen molar-refractivity contribution in [3.05, 3.63) is 33.4 Å². The Hall–Kier alpha value is -3.43. The van der Waals surface area contributed by atoms with E-state index in [4.69, 9.17) is 28.5 Å². The predicted octanol–water partition coefficient (Wildman–Crippen LogP) is -4.94. The van der Waals surface area contributed by atoms with Crippen molar-refractivity contribution in [2.45, 2.75) is 49.1 Å². The molecule has 2 fully saturated rings. The number of nitrogens with two attached hydrogens (primary N) is 2. The summed E-state index contributed by atoms with van der Waals surface area (Å²) in [5.74, 6) is -0.534. The van der Waals surface area contributed by atoms with Crippen molar-refractivity contribution in [1.29, 1.82) is 0 Å². The van der Waals surface area contributed by atoms with Gasteiger partial charge in [0.1, 0.15) is 36.6 Å². The van der Waals surface area contributed by atoms with Crippen LogP contribution in [0.5, 0.6) is 0 Å². The number of H-pyrrole nitrogens is 2. The number of ether oxygens (including phenoxy) is 2. The van der Waals surface area contributed by atoms with Crippen LogP contribution in [-0.2, 0) is 54.9 Å². The van der Waals surface area contributed by atoms with Gasteiger partial charge in [-0.15, -0.1) is 0 Å². The summed E-state index contributed by atoms with van der Waals surface area (Å²) in [7, 11) is -8.42. The van der Waals surface area contributed by atoms with Crippen molar-refractivity contribution in [1.82, 2.24) is 29.1 Å². The van der Waals surface area contributed by atoms with Crippen LogP contribution in [-0.4, -0.2) is 117 Å². The molecule has 10 atom stereocenters. The second kappa shape index (κ2) is 14.0. The van der Waals surface area contributed by atoms with Crippen LogP contribution in [0, 0.1) is 0 Å². The summed E-state index contributed by atoms with van der Waals surface area (Å²) in [5, 5.41) is 42.4. The quantitative estimate of drug-likeness (QED) is 0.0364. The Morgan fingerprint density at radius 3 is 1.49 bits per heavy atom. The van der Waals surface area contributed by atoms with Gasteiger partial charge in [0, 0.05) is 0 Å². The smallest absolute Gasteiger partial charge is 0.387 e. The van der Waals surface area contributed by atoms with Gasteiger partial charge in [-0.25, -0.2) is 26.9 Å². The molecule has 0 aromatic carbocycles. The van der Waals surface area contributed by atoms with Crippen LogP contribution >= 0.6 is 23.1 Å². The van der Waals surface area contributed by atoms with Crippen LogP contribution in [0.25, 0.3) is 22.3 Å². The van der Waals surface area contributed by atoms with Crippen LogP contribution in [0.4, 0.5) is 11.9 Å². The Bertz CT molecular complexity index is 2180. The first-order chi connectivity index (χ1) is 24.6. The number of nitrogens with one attached hydrogen (secondary N) is 2. The lowest BCUT2D eigenvalue weighted by Crippen LogP contribution is -2.46. The molecule has 0 bridgehead atoms. The lowest BCUT2D eigenvalue weighted by Gasteiger charge is -2.22. The first kappa shape index (κ1) is 39.3. The number of aryl methyl sites for hydroxylation is 2. The molecule has 6 unspecified atom stereocenters.